The Bertz CT molecular complexity index is 1400. The summed E-state index contributed by atoms with van der Waals surface area (Å²) >= 11 is 1.55. The van der Waals surface area contributed by atoms with Gasteiger partial charge in [0.1, 0.15) is 0 Å². The summed E-state index contributed by atoms with van der Waals surface area (Å²) in [5.74, 6) is 0. The normalized spacial score (nSPS) is 9.76. The second-order valence-corrected chi connectivity index (χ2v) is 10.5. The topological polar surface area (TPSA) is 0 Å². The Balaban J connectivity index is 0.000000199. The van der Waals surface area contributed by atoms with Crippen LogP contribution in [0.3, 0.4) is 0 Å². The molecule has 0 unspecified atom stereocenters. The van der Waals surface area contributed by atoms with Crippen LogP contribution in [0, 0.1) is 0 Å². The van der Waals surface area contributed by atoms with Crippen molar-refractivity contribution >= 4 is 35.5 Å². The van der Waals surface area contributed by atoms with E-state index in [-0.39, 0.29) is 24.8 Å². The molecular weight excluding hydrogens is 534 g/mol. The Hall–Kier alpha value is -2.31. The molecule has 0 bridgehead atoms. The SMILES string of the molecule is C[C](C)=[Zr+2].[Cl-].[Cl-].c1ccc2c(c1)[cH-]c1ccccc12.c1ccc2cc(-[c-]3cccc3)ccc2c1. The summed E-state index contributed by atoms with van der Waals surface area (Å²) < 4.78 is 1.51. The fraction of sp³-hybridized carbons (Fsp3) is 0.0645. The zero-order valence-electron chi connectivity index (χ0n) is 19.3. The summed E-state index contributed by atoms with van der Waals surface area (Å²) in [6.07, 6.45) is 0. The first-order valence-electron chi connectivity index (χ1n) is 10.9. The summed E-state index contributed by atoms with van der Waals surface area (Å²) in [5.41, 5.74) is 2.58. The molecule has 3 heteroatoms. The molecule has 0 atom stereocenters. The standard InChI is InChI=1S/C15H11.C13H9.C3H6.2ClH.Zr/c1-2-6-12(5-1)15-10-9-13-7-3-4-8-14(13)11-15;1-3-7-12-10(5-1)9-11-6-2-4-8-13(11)12;1-3-2;;;/h1-11H;1-9H;1-2H3;2*1H;/q2*-1;;;;+2/p-2. The summed E-state index contributed by atoms with van der Waals surface area (Å²) in [7, 11) is 0. The van der Waals surface area contributed by atoms with Crippen molar-refractivity contribution in [3.05, 3.63) is 121 Å². The molecular formula is C31H26Cl2Zr-2. The second kappa shape index (κ2) is 13.5. The van der Waals surface area contributed by atoms with Crippen LogP contribution in [0.15, 0.2) is 121 Å². The van der Waals surface area contributed by atoms with Crippen LogP contribution in [0.25, 0.3) is 43.4 Å². The van der Waals surface area contributed by atoms with Gasteiger partial charge < -0.3 is 24.8 Å². The van der Waals surface area contributed by atoms with Gasteiger partial charge in [0.2, 0.25) is 0 Å². The summed E-state index contributed by atoms with van der Waals surface area (Å²) in [4.78, 5) is 0. The number of rotatable bonds is 1. The fourth-order valence-corrected chi connectivity index (χ4v) is 3.84. The Morgan fingerprint density at radius 1 is 0.618 bits per heavy atom. The molecule has 0 nitrogen and oxygen atoms in total. The molecule has 0 aliphatic heterocycles. The molecule has 0 saturated carbocycles. The molecule has 6 aromatic rings. The average molecular weight is 561 g/mol. The molecule has 0 saturated heterocycles. The van der Waals surface area contributed by atoms with E-state index in [0.29, 0.717) is 0 Å². The van der Waals surface area contributed by atoms with Crippen LogP contribution >= 0.6 is 0 Å². The first-order valence-corrected chi connectivity index (χ1v) is 12.1. The quantitative estimate of drug-likeness (QED) is 0.272. The van der Waals surface area contributed by atoms with Crippen LogP contribution in [-0.2, 0) is 24.2 Å². The van der Waals surface area contributed by atoms with Gasteiger partial charge in [-0.1, -0.05) is 77.7 Å². The van der Waals surface area contributed by atoms with E-state index in [1.165, 1.54) is 46.7 Å². The van der Waals surface area contributed by atoms with Gasteiger partial charge in [0.25, 0.3) is 0 Å². The van der Waals surface area contributed by atoms with Crippen LogP contribution < -0.4 is 24.8 Å². The van der Waals surface area contributed by atoms with Crippen molar-refractivity contribution in [2.24, 2.45) is 0 Å². The van der Waals surface area contributed by atoms with Crippen molar-refractivity contribution in [3.8, 4) is 11.1 Å². The van der Waals surface area contributed by atoms with Crippen LogP contribution in [0.4, 0.5) is 0 Å². The Kier molecular flexibility index (Phi) is 11.1. The van der Waals surface area contributed by atoms with Gasteiger partial charge in [0.15, 0.2) is 0 Å². The van der Waals surface area contributed by atoms with E-state index >= 15 is 0 Å². The molecule has 0 radical (unpaired) electrons. The third-order valence-electron chi connectivity index (χ3n) is 5.27. The van der Waals surface area contributed by atoms with E-state index in [1.54, 1.807) is 24.2 Å². The van der Waals surface area contributed by atoms with Crippen molar-refractivity contribution in [2.45, 2.75) is 13.8 Å². The average Bonchev–Trinajstić information content (AvgIpc) is 3.47. The van der Waals surface area contributed by atoms with Crippen LogP contribution in [0.2, 0.25) is 0 Å². The molecule has 170 valence electrons. The van der Waals surface area contributed by atoms with Gasteiger partial charge in [-0.15, -0.1) is 69.6 Å². The van der Waals surface area contributed by atoms with E-state index in [1.807, 2.05) is 0 Å². The second-order valence-electron chi connectivity index (χ2n) is 8.05. The maximum Gasteiger partial charge on any atom is -0.0333 e. The summed E-state index contributed by atoms with van der Waals surface area (Å²) in [6, 6.07) is 42.8. The van der Waals surface area contributed by atoms with Crippen molar-refractivity contribution in [1.82, 2.24) is 0 Å². The first kappa shape index (κ1) is 27.9. The number of halogens is 2. The molecule has 0 aliphatic rings. The minimum atomic E-state index is 0. The van der Waals surface area contributed by atoms with Crippen LogP contribution in [-0.4, -0.2) is 3.21 Å². The molecule has 0 N–H and O–H groups in total. The van der Waals surface area contributed by atoms with E-state index in [9.17, 15) is 0 Å². The molecule has 0 spiro atoms. The van der Waals surface area contributed by atoms with Gasteiger partial charge in [-0.05, 0) is 5.39 Å². The first-order chi connectivity index (χ1) is 15.6. The number of hydrogen-bond acceptors (Lipinski definition) is 0. The van der Waals surface area contributed by atoms with E-state index in [0.717, 1.165) is 0 Å². The molecule has 0 fully saturated rings. The van der Waals surface area contributed by atoms with E-state index < -0.39 is 0 Å². The Morgan fingerprint density at radius 2 is 1.09 bits per heavy atom. The predicted molar refractivity (Wildman–Crippen MR) is 138 cm³/mol. The van der Waals surface area contributed by atoms with Crippen molar-refractivity contribution in [1.29, 1.82) is 0 Å². The Labute approximate surface area is 229 Å². The Morgan fingerprint density at radius 3 is 1.65 bits per heavy atom. The van der Waals surface area contributed by atoms with Gasteiger partial charge in [-0.2, -0.15) is 12.1 Å². The largest absolute Gasteiger partial charge is 1.00 e. The van der Waals surface area contributed by atoms with Crippen molar-refractivity contribution in [2.75, 3.05) is 0 Å². The van der Waals surface area contributed by atoms with Gasteiger partial charge >= 0.3 is 41.3 Å². The smallest absolute Gasteiger partial charge is 0.0333 e. The zero-order chi connectivity index (χ0) is 22.3. The molecule has 0 aliphatic carbocycles. The van der Waals surface area contributed by atoms with E-state index in [4.69, 9.17) is 0 Å². The number of benzene rings is 4. The molecule has 0 aromatic heterocycles. The third kappa shape index (κ3) is 7.10. The van der Waals surface area contributed by atoms with Crippen LogP contribution in [0.5, 0.6) is 0 Å². The molecule has 6 aromatic carbocycles. The maximum atomic E-state index is 2.24. The number of fused-ring (bicyclic) bond motifs is 4. The van der Waals surface area contributed by atoms with Crippen molar-refractivity contribution < 1.29 is 49.0 Å². The summed E-state index contributed by atoms with van der Waals surface area (Å²) in [6.45, 7) is 4.25. The van der Waals surface area contributed by atoms with Crippen LogP contribution in [0.1, 0.15) is 13.8 Å². The number of hydrogen-bond donors (Lipinski definition) is 0. The summed E-state index contributed by atoms with van der Waals surface area (Å²) in [5, 5.41) is 7.99. The van der Waals surface area contributed by atoms with Gasteiger partial charge in [-0.25, -0.2) is 0 Å². The van der Waals surface area contributed by atoms with Crippen molar-refractivity contribution in [3.63, 3.8) is 0 Å². The third-order valence-corrected chi connectivity index (χ3v) is 5.27. The molecule has 0 amide bonds. The monoisotopic (exact) mass is 558 g/mol. The molecule has 6 rings (SSSR count). The van der Waals surface area contributed by atoms with Gasteiger partial charge in [-0.3, -0.25) is 0 Å². The predicted octanol–water partition coefficient (Wildman–Crippen LogP) is 2.69. The minimum absolute atomic E-state index is 0. The maximum absolute atomic E-state index is 2.24. The van der Waals surface area contributed by atoms with Gasteiger partial charge in [0, 0.05) is 0 Å². The van der Waals surface area contributed by atoms with E-state index in [2.05, 4.69) is 135 Å². The molecule has 34 heavy (non-hydrogen) atoms. The minimum Gasteiger partial charge on any atom is -1.00 e. The molecule has 0 heterocycles. The zero-order valence-corrected chi connectivity index (χ0v) is 23.3. The fourth-order valence-electron chi connectivity index (χ4n) is 3.84. The van der Waals surface area contributed by atoms with Gasteiger partial charge in [0.05, 0.1) is 0 Å².